The molecule has 5 rings (SSSR count). The van der Waals surface area contributed by atoms with E-state index in [-0.39, 0.29) is 42.1 Å². The zero-order valence-corrected chi connectivity index (χ0v) is 18.7. The lowest BCUT2D eigenvalue weighted by Gasteiger charge is -2.41. The van der Waals surface area contributed by atoms with Crippen molar-refractivity contribution in [2.45, 2.75) is 37.9 Å². The highest BCUT2D eigenvalue weighted by atomic mass is 19.1. The Kier molecular flexibility index (Phi) is 5.78. The molecule has 2 amide bonds. The SMILES string of the molecule is C[C@@H]1[C@H](c2ccccc2)OC2CN3C=C(C(=O)NCc4ccc(F)cc4F)C(O)C(O)=C3C(=O)N21. The summed E-state index contributed by atoms with van der Waals surface area (Å²) in [5, 5.41) is 23.7. The fourth-order valence-electron chi connectivity index (χ4n) is 4.72. The van der Waals surface area contributed by atoms with Gasteiger partial charge in [0.25, 0.3) is 11.8 Å². The molecule has 0 bridgehead atoms. The van der Waals surface area contributed by atoms with Crippen LogP contribution in [0.3, 0.4) is 0 Å². The van der Waals surface area contributed by atoms with Crippen molar-refractivity contribution in [1.82, 2.24) is 15.1 Å². The Labute approximate surface area is 199 Å². The van der Waals surface area contributed by atoms with E-state index in [0.717, 1.165) is 11.6 Å². The van der Waals surface area contributed by atoms with Crippen LogP contribution >= 0.6 is 0 Å². The van der Waals surface area contributed by atoms with Crippen LogP contribution in [0.2, 0.25) is 0 Å². The van der Waals surface area contributed by atoms with Crippen LogP contribution in [0, 0.1) is 11.6 Å². The molecule has 2 fully saturated rings. The van der Waals surface area contributed by atoms with Crippen LogP contribution in [0.1, 0.15) is 24.2 Å². The summed E-state index contributed by atoms with van der Waals surface area (Å²) in [6.45, 7) is 1.72. The number of amides is 2. The summed E-state index contributed by atoms with van der Waals surface area (Å²) in [5.74, 6) is -3.51. The minimum Gasteiger partial charge on any atom is -0.507 e. The number of piperazine rings is 1. The largest absolute Gasteiger partial charge is 0.507 e. The molecule has 0 aromatic heterocycles. The lowest BCUT2D eigenvalue weighted by Crippen LogP contribution is -2.55. The number of carbonyl (C=O) groups excluding carboxylic acids is 2. The maximum absolute atomic E-state index is 13.9. The highest BCUT2D eigenvalue weighted by Crippen LogP contribution is 2.41. The monoisotopic (exact) mass is 483 g/mol. The number of hydrogen-bond acceptors (Lipinski definition) is 6. The van der Waals surface area contributed by atoms with E-state index in [9.17, 15) is 28.6 Å². The van der Waals surface area contributed by atoms with E-state index in [2.05, 4.69) is 5.32 Å². The number of carbonyl (C=O) groups is 2. The molecule has 2 saturated heterocycles. The predicted octanol–water partition coefficient (Wildman–Crippen LogP) is 2.24. The molecule has 2 aromatic carbocycles. The molecule has 10 heteroatoms. The molecule has 0 spiro atoms. The molecule has 3 aliphatic rings. The molecule has 4 atom stereocenters. The number of fused-ring (bicyclic) bond motifs is 2. The van der Waals surface area contributed by atoms with Gasteiger partial charge in [-0.3, -0.25) is 9.59 Å². The second-order valence-electron chi connectivity index (χ2n) is 8.67. The quantitative estimate of drug-likeness (QED) is 0.617. The Morgan fingerprint density at radius 2 is 1.94 bits per heavy atom. The van der Waals surface area contributed by atoms with Gasteiger partial charge in [-0.2, -0.15) is 0 Å². The Hall–Kier alpha value is -3.76. The topological polar surface area (TPSA) is 102 Å². The van der Waals surface area contributed by atoms with Crippen molar-refractivity contribution >= 4 is 11.8 Å². The average Bonchev–Trinajstić information content (AvgIpc) is 3.17. The summed E-state index contributed by atoms with van der Waals surface area (Å²) < 4.78 is 33.2. The lowest BCUT2D eigenvalue weighted by molar-refractivity contribution is -0.141. The van der Waals surface area contributed by atoms with Crippen molar-refractivity contribution in [1.29, 1.82) is 0 Å². The van der Waals surface area contributed by atoms with Gasteiger partial charge in [-0.25, -0.2) is 8.78 Å². The Bertz CT molecular complexity index is 1250. The van der Waals surface area contributed by atoms with E-state index in [1.165, 1.54) is 22.1 Å². The minimum atomic E-state index is -1.75. The Balaban J connectivity index is 1.36. The number of aliphatic hydroxyl groups is 2. The standard InChI is InChI=1S/C25H23F2N3O5/c1-13-23(14-5-3-2-4-6-14)35-19-12-29-11-17(21(31)22(32)20(29)25(34)30(13)19)24(33)28-10-15-7-8-16(26)9-18(15)27/h2-9,11,13,19,21,23,31-32H,10,12H2,1H3,(H,28,33)/t13-,19?,21?,23-/m1/s1. The molecular weight excluding hydrogens is 460 g/mol. The summed E-state index contributed by atoms with van der Waals surface area (Å²) in [6, 6.07) is 12.1. The van der Waals surface area contributed by atoms with E-state index in [1.54, 1.807) is 0 Å². The smallest absolute Gasteiger partial charge is 0.276 e. The van der Waals surface area contributed by atoms with Gasteiger partial charge in [0.2, 0.25) is 0 Å². The molecule has 3 aliphatic heterocycles. The van der Waals surface area contributed by atoms with Crippen molar-refractivity contribution in [3.05, 3.63) is 94.5 Å². The third-order valence-corrected chi connectivity index (χ3v) is 6.50. The van der Waals surface area contributed by atoms with Gasteiger partial charge in [0.05, 0.1) is 18.2 Å². The van der Waals surface area contributed by atoms with Gasteiger partial charge >= 0.3 is 0 Å². The summed E-state index contributed by atoms with van der Waals surface area (Å²) in [6.07, 6.45) is -1.47. The number of hydrogen-bond donors (Lipinski definition) is 3. The molecular formula is C25H23F2N3O5. The van der Waals surface area contributed by atoms with Crippen LogP contribution in [0.4, 0.5) is 8.78 Å². The third kappa shape index (κ3) is 3.94. The van der Waals surface area contributed by atoms with Crippen LogP contribution in [-0.4, -0.2) is 56.7 Å². The number of aliphatic hydroxyl groups excluding tert-OH is 2. The van der Waals surface area contributed by atoms with E-state index in [1.807, 2.05) is 37.3 Å². The Morgan fingerprint density at radius 1 is 1.20 bits per heavy atom. The zero-order valence-electron chi connectivity index (χ0n) is 18.7. The van der Waals surface area contributed by atoms with Crippen molar-refractivity contribution in [2.75, 3.05) is 6.54 Å². The van der Waals surface area contributed by atoms with E-state index < -0.39 is 41.5 Å². The second kappa shape index (κ2) is 8.79. The van der Waals surface area contributed by atoms with Crippen molar-refractivity contribution in [3.8, 4) is 0 Å². The highest BCUT2D eigenvalue weighted by molar-refractivity contribution is 5.99. The van der Waals surface area contributed by atoms with Crippen molar-refractivity contribution < 1.29 is 33.3 Å². The van der Waals surface area contributed by atoms with E-state index in [4.69, 9.17) is 4.74 Å². The summed E-state index contributed by atoms with van der Waals surface area (Å²) in [4.78, 5) is 29.0. The molecule has 3 heterocycles. The first-order valence-electron chi connectivity index (χ1n) is 11.1. The van der Waals surface area contributed by atoms with E-state index >= 15 is 0 Å². The van der Waals surface area contributed by atoms with Crippen LogP contribution in [0.25, 0.3) is 0 Å². The number of nitrogens with one attached hydrogen (secondary N) is 1. The number of nitrogens with zero attached hydrogens (tertiary/aromatic N) is 2. The molecule has 2 aromatic rings. The van der Waals surface area contributed by atoms with Crippen molar-refractivity contribution in [2.24, 2.45) is 0 Å². The first kappa shape index (κ1) is 23.0. The van der Waals surface area contributed by atoms with Crippen LogP contribution in [-0.2, 0) is 20.9 Å². The van der Waals surface area contributed by atoms with Gasteiger partial charge in [0.15, 0.2) is 12.0 Å². The minimum absolute atomic E-state index is 0.0511. The first-order valence-corrected chi connectivity index (χ1v) is 11.1. The molecule has 2 unspecified atom stereocenters. The molecule has 35 heavy (non-hydrogen) atoms. The Morgan fingerprint density at radius 3 is 2.66 bits per heavy atom. The van der Waals surface area contributed by atoms with Crippen molar-refractivity contribution in [3.63, 3.8) is 0 Å². The summed E-state index contributed by atoms with van der Waals surface area (Å²) in [7, 11) is 0. The van der Waals surface area contributed by atoms with Gasteiger partial charge in [-0.05, 0) is 18.6 Å². The fourth-order valence-corrected chi connectivity index (χ4v) is 4.72. The summed E-state index contributed by atoms with van der Waals surface area (Å²) in [5.41, 5.74) is 0.608. The number of benzene rings is 2. The summed E-state index contributed by atoms with van der Waals surface area (Å²) >= 11 is 0. The fraction of sp³-hybridized carbons (Fsp3) is 0.280. The number of halogens is 2. The molecule has 3 N–H and O–H groups in total. The molecule has 0 radical (unpaired) electrons. The molecule has 0 aliphatic carbocycles. The van der Waals surface area contributed by atoms with E-state index in [0.29, 0.717) is 6.07 Å². The van der Waals surface area contributed by atoms with Crippen LogP contribution in [0.5, 0.6) is 0 Å². The second-order valence-corrected chi connectivity index (χ2v) is 8.67. The first-order chi connectivity index (χ1) is 16.8. The van der Waals surface area contributed by atoms with Gasteiger partial charge in [0.1, 0.15) is 29.5 Å². The van der Waals surface area contributed by atoms with Gasteiger partial charge in [-0.15, -0.1) is 0 Å². The van der Waals surface area contributed by atoms with Gasteiger partial charge in [-0.1, -0.05) is 36.4 Å². The van der Waals surface area contributed by atoms with Gasteiger partial charge < -0.3 is 30.1 Å². The maximum atomic E-state index is 13.9. The molecule has 182 valence electrons. The molecule has 8 nitrogen and oxygen atoms in total. The number of rotatable bonds is 4. The third-order valence-electron chi connectivity index (χ3n) is 6.50. The molecule has 0 saturated carbocycles. The normalized spacial score (nSPS) is 25.8. The van der Waals surface area contributed by atoms with Gasteiger partial charge in [0, 0.05) is 24.4 Å². The maximum Gasteiger partial charge on any atom is 0.276 e. The lowest BCUT2D eigenvalue weighted by atomic mass is 9.98. The van der Waals surface area contributed by atoms with Crippen LogP contribution in [0.15, 0.2) is 71.8 Å². The average molecular weight is 483 g/mol. The van der Waals surface area contributed by atoms with Crippen LogP contribution < -0.4 is 5.32 Å². The number of ether oxygens (including phenoxy) is 1. The zero-order chi connectivity index (χ0) is 24.9. The predicted molar refractivity (Wildman–Crippen MR) is 119 cm³/mol. The highest BCUT2D eigenvalue weighted by Gasteiger charge is 2.51.